The lowest BCUT2D eigenvalue weighted by molar-refractivity contribution is 0.489. The van der Waals surface area contributed by atoms with Crippen molar-refractivity contribution in [3.63, 3.8) is 0 Å². The van der Waals surface area contributed by atoms with E-state index in [2.05, 4.69) is 38.1 Å². The summed E-state index contributed by atoms with van der Waals surface area (Å²) in [5.74, 6) is 0. The third kappa shape index (κ3) is 1.60. The summed E-state index contributed by atoms with van der Waals surface area (Å²) in [5.41, 5.74) is 0. The third-order valence-corrected chi connectivity index (χ3v) is 1.39. The van der Waals surface area contributed by atoms with Gasteiger partial charge in [-0.1, -0.05) is 22.6 Å². The molecule has 9 heavy (non-hydrogen) atoms. The second-order valence-corrected chi connectivity index (χ2v) is 4.80. The fourth-order valence-corrected chi connectivity index (χ4v) is 0.626. The van der Waals surface area contributed by atoms with E-state index in [1.807, 2.05) is 13.8 Å². The first kappa shape index (κ1) is 6.91. The van der Waals surface area contributed by atoms with Gasteiger partial charge in [-0.05, 0) is 24.3 Å². The summed E-state index contributed by atoms with van der Waals surface area (Å²) in [7, 11) is 0. The number of aromatic nitrogens is 4. The van der Waals surface area contributed by atoms with Gasteiger partial charge < -0.3 is 0 Å². The van der Waals surface area contributed by atoms with E-state index < -0.39 is 0 Å². The molecule has 0 aliphatic heterocycles. The monoisotopic (exact) mass is 238 g/mol. The number of hydrogen-bond donors (Lipinski definition) is 0. The fraction of sp³-hybridized carbons (Fsp3) is 0.750. The Morgan fingerprint density at radius 2 is 2.22 bits per heavy atom. The lowest BCUT2D eigenvalue weighted by Gasteiger charge is -2.13. The fourth-order valence-electron chi connectivity index (χ4n) is 0.405. The summed E-state index contributed by atoms with van der Waals surface area (Å²) in [5, 5.41) is 10.8. The number of tetrazole rings is 1. The summed E-state index contributed by atoms with van der Waals surface area (Å²) in [6, 6.07) is 0. The van der Waals surface area contributed by atoms with Crippen LogP contribution in [0, 0.1) is 0 Å². The number of hydrogen-bond acceptors (Lipinski definition) is 3. The van der Waals surface area contributed by atoms with Gasteiger partial charge in [-0.15, -0.1) is 5.10 Å². The Kier molecular flexibility index (Phi) is 1.69. The van der Waals surface area contributed by atoms with Gasteiger partial charge in [0, 0.05) is 0 Å². The van der Waals surface area contributed by atoms with Crippen molar-refractivity contribution in [2.75, 3.05) is 0 Å². The minimum absolute atomic E-state index is 0.0265. The molecule has 0 aliphatic rings. The molecule has 0 radical (unpaired) electrons. The lowest BCUT2D eigenvalue weighted by Crippen LogP contribution is -2.18. The van der Waals surface area contributed by atoms with Crippen molar-refractivity contribution in [1.82, 2.24) is 20.2 Å². The molecule has 50 valence electrons. The van der Waals surface area contributed by atoms with Crippen molar-refractivity contribution in [2.24, 2.45) is 0 Å². The van der Waals surface area contributed by atoms with Gasteiger partial charge in [0.15, 0.2) is 0 Å². The Hall–Kier alpha value is -0.200. The first-order valence-corrected chi connectivity index (χ1v) is 3.61. The van der Waals surface area contributed by atoms with Crippen molar-refractivity contribution in [3.05, 3.63) is 6.33 Å². The first-order valence-electron chi connectivity index (χ1n) is 2.53. The Labute approximate surface area is 66.8 Å². The summed E-state index contributed by atoms with van der Waals surface area (Å²) < 4.78 is 1.68. The normalized spacial score (nSPS) is 11.9. The highest BCUT2D eigenvalue weighted by molar-refractivity contribution is 14.1. The number of nitrogens with zero attached hydrogens (tertiary/aromatic N) is 4. The molecule has 4 nitrogen and oxygen atoms in total. The van der Waals surface area contributed by atoms with Gasteiger partial charge in [-0.2, -0.15) is 0 Å². The molecule has 0 bridgehead atoms. The first-order chi connectivity index (χ1) is 4.11. The molecule has 0 fully saturated rings. The average Bonchev–Trinajstić information content (AvgIpc) is 2.08. The van der Waals surface area contributed by atoms with Crippen LogP contribution in [0.2, 0.25) is 0 Å². The minimum Gasteiger partial charge on any atom is -0.217 e. The van der Waals surface area contributed by atoms with E-state index >= 15 is 0 Å². The second kappa shape index (κ2) is 2.20. The van der Waals surface area contributed by atoms with Gasteiger partial charge in [0.1, 0.15) is 9.87 Å². The van der Waals surface area contributed by atoms with Crippen LogP contribution < -0.4 is 0 Å². The third-order valence-electron chi connectivity index (χ3n) is 0.894. The summed E-state index contributed by atoms with van der Waals surface area (Å²) in [6.45, 7) is 4.06. The highest BCUT2D eigenvalue weighted by Gasteiger charge is 2.15. The Morgan fingerprint density at radius 1 is 1.56 bits per heavy atom. The van der Waals surface area contributed by atoms with Crippen LogP contribution in [-0.2, 0) is 3.55 Å². The van der Waals surface area contributed by atoms with Gasteiger partial charge in [-0.3, -0.25) is 0 Å². The van der Waals surface area contributed by atoms with E-state index in [0.717, 1.165) is 0 Å². The number of rotatable bonds is 1. The van der Waals surface area contributed by atoms with Crippen molar-refractivity contribution in [3.8, 4) is 0 Å². The van der Waals surface area contributed by atoms with Gasteiger partial charge in [0.05, 0.1) is 0 Å². The van der Waals surface area contributed by atoms with Crippen LogP contribution in [0.4, 0.5) is 0 Å². The Morgan fingerprint density at radius 3 is 2.44 bits per heavy atom. The summed E-state index contributed by atoms with van der Waals surface area (Å²) >= 11 is 2.26. The SMILES string of the molecule is CC(C)(I)n1cnnn1. The molecule has 0 aromatic carbocycles. The maximum absolute atomic E-state index is 3.74. The molecule has 0 spiro atoms. The summed E-state index contributed by atoms with van der Waals surface area (Å²) in [4.78, 5) is 0. The second-order valence-electron chi connectivity index (χ2n) is 2.16. The minimum atomic E-state index is -0.0265. The molecular weight excluding hydrogens is 231 g/mol. The number of alkyl halides is 1. The predicted octanol–water partition coefficient (Wildman–Crippen LogP) is 0.801. The molecule has 1 aromatic heterocycles. The predicted molar refractivity (Wildman–Crippen MR) is 41.2 cm³/mol. The highest BCUT2D eigenvalue weighted by atomic mass is 127. The maximum atomic E-state index is 3.74. The quantitative estimate of drug-likeness (QED) is 0.536. The van der Waals surface area contributed by atoms with Gasteiger partial charge >= 0.3 is 0 Å². The van der Waals surface area contributed by atoms with E-state index in [9.17, 15) is 0 Å². The Bertz CT molecular complexity index is 175. The van der Waals surface area contributed by atoms with Crippen LogP contribution in [0.3, 0.4) is 0 Å². The Balaban J connectivity index is 2.90. The largest absolute Gasteiger partial charge is 0.217 e. The molecule has 5 heteroatoms. The molecule has 0 aliphatic carbocycles. The maximum Gasteiger partial charge on any atom is 0.139 e. The molecule has 1 rings (SSSR count). The van der Waals surface area contributed by atoms with Gasteiger partial charge in [-0.25, -0.2) is 4.68 Å². The zero-order valence-corrected chi connectivity index (χ0v) is 7.40. The molecule has 1 heterocycles. The van der Waals surface area contributed by atoms with E-state index in [0.29, 0.717) is 0 Å². The van der Waals surface area contributed by atoms with Crippen molar-refractivity contribution in [1.29, 1.82) is 0 Å². The zero-order chi connectivity index (χ0) is 6.91. The molecular formula is C4H7IN4. The molecule has 1 aromatic rings. The zero-order valence-electron chi connectivity index (χ0n) is 5.24. The molecule has 0 N–H and O–H groups in total. The topological polar surface area (TPSA) is 43.6 Å². The van der Waals surface area contributed by atoms with Crippen molar-refractivity contribution in [2.45, 2.75) is 17.4 Å². The summed E-state index contributed by atoms with van der Waals surface area (Å²) in [6.07, 6.45) is 1.60. The van der Waals surface area contributed by atoms with Crippen LogP contribution in [0.15, 0.2) is 6.33 Å². The van der Waals surface area contributed by atoms with E-state index in [-0.39, 0.29) is 3.55 Å². The van der Waals surface area contributed by atoms with Crippen LogP contribution in [-0.4, -0.2) is 20.2 Å². The smallest absolute Gasteiger partial charge is 0.139 e. The van der Waals surface area contributed by atoms with Crippen molar-refractivity contribution < 1.29 is 0 Å². The molecule has 0 saturated heterocycles. The van der Waals surface area contributed by atoms with Crippen molar-refractivity contribution >= 4 is 22.6 Å². The molecule has 0 atom stereocenters. The van der Waals surface area contributed by atoms with Gasteiger partial charge in [0.25, 0.3) is 0 Å². The van der Waals surface area contributed by atoms with Crippen LogP contribution >= 0.6 is 22.6 Å². The van der Waals surface area contributed by atoms with E-state index in [4.69, 9.17) is 0 Å². The lowest BCUT2D eigenvalue weighted by atomic mass is 10.4. The van der Waals surface area contributed by atoms with E-state index in [1.165, 1.54) is 0 Å². The number of halogens is 1. The highest BCUT2D eigenvalue weighted by Crippen LogP contribution is 2.20. The van der Waals surface area contributed by atoms with Crippen LogP contribution in [0.1, 0.15) is 13.8 Å². The standard InChI is InChI=1S/C4H7IN4/c1-4(2,5)9-3-6-7-8-9/h3H,1-2H3. The molecule has 0 amide bonds. The van der Waals surface area contributed by atoms with Crippen LogP contribution in [0.25, 0.3) is 0 Å². The van der Waals surface area contributed by atoms with E-state index in [1.54, 1.807) is 11.0 Å². The average molecular weight is 238 g/mol. The molecule has 0 saturated carbocycles. The molecule has 0 unspecified atom stereocenters. The van der Waals surface area contributed by atoms with Gasteiger partial charge in [0.2, 0.25) is 0 Å². The van der Waals surface area contributed by atoms with Crippen LogP contribution in [0.5, 0.6) is 0 Å².